The van der Waals surface area contributed by atoms with E-state index in [0.29, 0.717) is 29.4 Å². The molecule has 116 valence electrons. The van der Waals surface area contributed by atoms with E-state index in [2.05, 4.69) is 5.32 Å². The number of hydrogen-bond acceptors (Lipinski definition) is 4. The summed E-state index contributed by atoms with van der Waals surface area (Å²) < 4.78 is 12.1. The summed E-state index contributed by atoms with van der Waals surface area (Å²) in [4.78, 5) is 22.8. The largest absolute Gasteiger partial charge is 0.497 e. The Kier molecular flexibility index (Phi) is 5.19. The molecule has 0 radical (unpaired) electrons. The summed E-state index contributed by atoms with van der Waals surface area (Å²) >= 11 is 0. The number of nitrogens with one attached hydrogen (secondary N) is 1. The molecule has 6 nitrogen and oxygen atoms in total. The number of amides is 1. The number of aldehydes is 1. The number of ether oxygens (including phenoxy) is 2. The minimum atomic E-state index is -0.158. The Hall–Kier alpha value is -2.76. The highest BCUT2D eigenvalue weighted by molar-refractivity contribution is 5.92. The van der Waals surface area contributed by atoms with Crippen LogP contribution in [0.1, 0.15) is 16.9 Å². The number of hydrogen-bond donors (Lipinski definition) is 1. The lowest BCUT2D eigenvalue weighted by atomic mass is 10.2. The topological polar surface area (TPSA) is 69.6 Å². The molecule has 2 aromatic rings. The van der Waals surface area contributed by atoms with Crippen LogP contribution >= 0.6 is 0 Å². The van der Waals surface area contributed by atoms with E-state index in [1.807, 2.05) is 0 Å². The van der Waals surface area contributed by atoms with Crippen molar-refractivity contribution in [1.82, 2.24) is 4.57 Å². The monoisotopic (exact) mass is 302 g/mol. The fourth-order valence-electron chi connectivity index (χ4n) is 2.07. The van der Waals surface area contributed by atoms with Gasteiger partial charge in [-0.3, -0.25) is 9.59 Å². The molecular weight excluding hydrogens is 284 g/mol. The van der Waals surface area contributed by atoms with Gasteiger partial charge in [-0.05, 0) is 24.3 Å². The van der Waals surface area contributed by atoms with Gasteiger partial charge in [-0.2, -0.15) is 0 Å². The number of anilines is 1. The van der Waals surface area contributed by atoms with Gasteiger partial charge < -0.3 is 19.4 Å². The lowest BCUT2D eigenvalue weighted by Crippen LogP contribution is -2.15. The second kappa shape index (κ2) is 7.31. The van der Waals surface area contributed by atoms with Gasteiger partial charge in [-0.25, -0.2) is 0 Å². The van der Waals surface area contributed by atoms with Crippen molar-refractivity contribution in [3.05, 3.63) is 42.2 Å². The Morgan fingerprint density at radius 3 is 2.77 bits per heavy atom. The number of benzene rings is 1. The maximum absolute atomic E-state index is 12.0. The highest BCUT2D eigenvalue weighted by Gasteiger charge is 2.09. The Labute approximate surface area is 128 Å². The Morgan fingerprint density at radius 2 is 2.09 bits per heavy atom. The fraction of sp³-hybridized carbons (Fsp3) is 0.250. The number of carbonyl (C=O) groups is 2. The van der Waals surface area contributed by atoms with Gasteiger partial charge in [0.2, 0.25) is 5.91 Å². The van der Waals surface area contributed by atoms with Crippen LogP contribution in [0.3, 0.4) is 0 Å². The summed E-state index contributed by atoms with van der Waals surface area (Å²) in [5.74, 6) is 1.02. The van der Waals surface area contributed by atoms with Crippen molar-refractivity contribution in [3.8, 4) is 11.5 Å². The van der Waals surface area contributed by atoms with Crippen LogP contribution in [0.25, 0.3) is 0 Å². The lowest BCUT2D eigenvalue weighted by molar-refractivity contribution is -0.116. The van der Waals surface area contributed by atoms with Gasteiger partial charge in [0.05, 0.1) is 25.6 Å². The van der Waals surface area contributed by atoms with E-state index in [-0.39, 0.29) is 12.3 Å². The molecule has 0 atom stereocenters. The van der Waals surface area contributed by atoms with E-state index in [4.69, 9.17) is 9.47 Å². The average Bonchev–Trinajstić information content (AvgIpc) is 3.00. The first-order valence-corrected chi connectivity index (χ1v) is 6.80. The van der Waals surface area contributed by atoms with Crippen LogP contribution in [-0.2, 0) is 11.3 Å². The normalized spacial score (nSPS) is 10.1. The number of rotatable bonds is 7. The van der Waals surface area contributed by atoms with E-state index in [1.165, 1.54) is 7.11 Å². The quantitative estimate of drug-likeness (QED) is 0.797. The van der Waals surface area contributed by atoms with E-state index in [1.54, 1.807) is 48.2 Å². The Morgan fingerprint density at radius 1 is 1.27 bits per heavy atom. The molecule has 0 bridgehead atoms. The van der Waals surface area contributed by atoms with Crippen molar-refractivity contribution in [3.63, 3.8) is 0 Å². The van der Waals surface area contributed by atoms with Crippen LogP contribution in [0.15, 0.2) is 36.5 Å². The molecule has 0 spiro atoms. The van der Waals surface area contributed by atoms with Gasteiger partial charge in [0.25, 0.3) is 0 Å². The van der Waals surface area contributed by atoms with Crippen LogP contribution in [0.4, 0.5) is 5.69 Å². The third-order valence-corrected chi connectivity index (χ3v) is 3.25. The predicted octanol–water partition coefficient (Wildman–Crippen LogP) is 2.35. The third kappa shape index (κ3) is 3.66. The van der Waals surface area contributed by atoms with E-state index >= 15 is 0 Å². The van der Waals surface area contributed by atoms with Crippen LogP contribution < -0.4 is 14.8 Å². The van der Waals surface area contributed by atoms with Crippen molar-refractivity contribution in [2.45, 2.75) is 13.0 Å². The standard InChI is InChI=1S/C16H18N2O4/c1-21-13-5-6-14(15(10-13)22-2)17-16(20)7-9-18-8-3-4-12(18)11-19/h3-6,8,10-11H,7,9H2,1-2H3,(H,17,20). The zero-order valence-electron chi connectivity index (χ0n) is 12.5. The first-order valence-electron chi connectivity index (χ1n) is 6.80. The molecule has 1 amide bonds. The van der Waals surface area contributed by atoms with Crippen LogP contribution in [0.5, 0.6) is 11.5 Å². The smallest absolute Gasteiger partial charge is 0.226 e. The van der Waals surface area contributed by atoms with E-state index in [0.717, 1.165) is 6.29 Å². The molecule has 0 aliphatic rings. The highest BCUT2D eigenvalue weighted by Crippen LogP contribution is 2.29. The van der Waals surface area contributed by atoms with Gasteiger partial charge in [0.1, 0.15) is 11.5 Å². The minimum absolute atomic E-state index is 0.158. The van der Waals surface area contributed by atoms with Crippen molar-refractivity contribution < 1.29 is 19.1 Å². The molecule has 1 heterocycles. The Bertz CT molecular complexity index is 664. The van der Waals surface area contributed by atoms with Crippen LogP contribution in [0.2, 0.25) is 0 Å². The molecule has 0 unspecified atom stereocenters. The number of methoxy groups -OCH3 is 2. The fourth-order valence-corrected chi connectivity index (χ4v) is 2.07. The lowest BCUT2D eigenvalue weighted by Gasteiger charge is -2.12. The molecule has 1 aromatic carbocycles. The third-order valence-electron chi connectivity index (χ3n) is 3.25. The number of aryl methyl sites for hydroxylation is 1. The molecule has 0 saturated heterocycles. The predicted molar refractivity (Wildman–Crippen MR) is 82.6 cm³/mol. The first-order chi connectivity index (χ1) is 10.7. The number of aromatic nitrogens is 1. The molecule has 0 fully saturated rings. The van der Waals surface area contributed by atoms with Gasteiger partial charge in [0, 0.05) is 25.2 Å². The summed E-state index contributed by atoms with van der Waals surface area (Å²) in [5, 5.41) is 2.79. The molecule has 22 heavy (non-hydrogen) atoms. The van der Waals surface area contributed by atoms with Crippen LogP contribution in [-0.4, -0.2) is 31.0 Å². The zero-order chi connectivity index (χ0) is 15.9. The summed E-state index contributed by atoms with van der Waals surface area (Å²) in [6.45, 7) is 0.436. The summed E-state index contributed by atoms with van der Waals surface area (Å²) in [7, 11) is 3.09. The zero-order valence-corrected chi connectivity index (χ0v) is 12.5. The molecule has 0 aliphatic heterocycles. The molecule has 6 heteroatoms. The average molecular weight is 302 g/mol. The number of carbonyl (C=O) groups excluding carboxylic acids is 2. The second-order valence-electron chi connectivity index (χ2n) is 4.61. The van der Waals surface area contributed by atoms with Gasteiger partial charge in [-0.1, -0.05) is 0 Å². The highest BCUT2D eigenvalue weighted by atomic mass is 16.5. The van der Waals surface area contributed by atoms with Crippen molar-refractivity contribution >= 4 is 17.9 Å². The van der Waals surface area contributed by atoms with Crippen molar-refractivity contribution in [1.29, 1.82) is 0 Å². The molecule has 0 aliphatic carbocycles. The van der Waals surface area contributed by atoms with E-state index in [9.17, 15) is 9.59 Å². The summed E-state index contributed by atoms with van der Waals surface area (Å²) in [5.41, 5.74) is 1.13. The van der Waals surface area contributed by atoms with Gasteiger partial charge >= 0.3 is 0 Å². The molecule has 1 aromatic heterocycles. The molecule has 2 rings (SSSR count). The molecular formula is C16H18N2O4. The summed E-state index contributed by atoms with van der Waals surface area (Å²) in [6.07, 6.45) is 2.79. The van der Waals surface area contributed by atoms with Crippen molar-refractivity contribution in [2.75, 3.05) is 19.5 Å². The SMILES string of the molecule is COc1ccc(NC(=O)CCn2cccc2C=O)c(OC)c1. The van der Waals surface area contributed by atoms with Crippen molar-refractivity contribution in [2.24, 2.45) is 0 Å². The molecule has 0 saturated carbocycles. The second-order valence-corrected chi connectivity index (χ2v) is 4.61. The number of nitrogens with zero attached hydrogens (tertiary/aromatic N) is 1. The Balaban J connectivity index is 1.98. The maximum atomic E-state index is 12.0. The first kappa shape index (κ1) is 15.6. The van der Waals surface area contributed by atoms with Gasteiger partial charge in [-0.15, -0.1) is 0 Å². The minimum Gasteiger partial charge on any atom is -0.497 e. The maximum Gasteiger partial charge on any atom is 0.226 e. The van der Waals surface area contributed by atoms with E-state index < -0.39 is 0 Å². The molecule has 1 N–H and O–H groups in total. The van der Waals surface area contributed by atoms with Gasteiger partial charge in [0.15, 0.2) is 6.29 Å². The summed E-state index contributed by atoms with van der Waals surface area (Å²) in [6, 6.07) is 8.65. The van der Waals surface area contributed by atoms with Crippen LogP contribution in [0, 0.1) is 0 Å².